The minimum Gasteiger partial charge on any atom is -0.382 e. The zero-order chi connectivity index (χ0) is 42.4. The number of rotatable bonds is 19. The molecule has 3 aliphatic rings. The average molecular weight is 844 g/mol. The molecule has 0 aromatic heterocycles. The number of benzene rings is 2. The van der Waals surface area contributed by atoms with Crippen LogP contribution in [-0.4, -0.2) is 116 Å². The number of anilines is 1. The van der Waals surface area contributed by atoms with Gasteiger partial charge in [-0.2, -0.15) is 0 Å². The first kappa shape index (κ1) is 44.7. The first-order valence-corrected chi connectivity index (χ1v) is 21.8. The summed E-state index contributed by atoms with van der Waals surface area (Å²) in [7, 11) is -3.50. The number of carbonyl (C=O) groups is 6. The van der Waals surface area contributed by atoms with Crippen LogP contribution in [0.4, 0.5) is 5.69 Å². The number of piperidine rings is 2. The van der Waals surface area contributed by atoms with Crippen molar-refractivity contribution in [3.8, 4) is 0 Å². The van der Waals surface area contributed by atoms with Crippen LogP contribution in [0, 0.1) is 11.3 Å². The van der Waals surface area contributed by atoms with Crippen molar-refractivity contribution in [2.45, 2.75) is 90.1 Å². The third kappa shape index (κ3) is 10.2. The van der Waals surface area contributed by atoms with E-state index in [4.69, 9.17) is 21.1 Å². The number of halogens is 1. The van der Waals surface area contributed by atoms with Gasteiger partial charge in [-0.15, -0.1) is 0 Å². The molecule has 58 heavy (non-hydrogen) atoms. The molecule has 3 aliphatic heterocycles. The number of imide groups is 2. The summed E-state index contributed by atoms with van der Waals surface area (Å²) in [6, 6.07) is 10.1. The van der Waals surface area contributed by atoms with Crippen LogP contribution >= 0.6 is 11.6 Å². The second-order valence-corrected chi connectivity index (χ2v) is 19.0. The molecule has 3 heterocycles. The molecule has 15 nitrogen and oxygen atoms in total. The van der Waals surface area contributed by atoms with E-state index >= 15 is 0 Å². The molecule has 3 N–H and O–H groups in total. The van der Waals surface area contributed by atoms with Crippen LogP contribution < -0.4 is 16.0 Å². The molecule has 0 saturated carbocycles. The highest BCUT2D eigenvalue weighted by molar-refractivity contribution is 7.92. The van der Waals surface area contributed by atoms with Gasteiger partial charge in [-0.1, -0.05) is 50.6 Å². The van der Waals surface area contributed by atoms with E-state index in [9.17, 15) is 37.2 Å². The van der Waals surface area contributed by atoms with Gasteiger partial charge >= 0.3 is 0 Å². The third-order valence-electron chi connectivity index (χ3n) is 11.1. The Bertz CT molecular complexity index is 1990. The molecule has 2 saturated heterocycles. The number of carbonyl (C=O) groups excluding carboxylic acids is 6. The van der Waals surface area contributed by atoms with Gasteiger partial charge in [-0.05, 0) is 68.9 Å². The van der Waals surface area contributed by atoms with Crippen molar-refractivity contribution < 1.29 is 46.7 Å². The molecule has 4 atom stereocenters. The number of fused-ring (bicyclic) bond motifs is 1. The normalized spacial score (nSPS) is 21.8. The van der Waals surface area contributed by atoms with E-state index in [1.807, 2.05) is 26.0 Å². The summed E-state index contributed by atoms with van der Waals surface area (Å²) in [5.41, 5.74) is 0.599. The smallest absolute Gasteiger partial charge is 0.264 e. The van der Waals surface area contributed by atoms with Crippen molar-refractivity contribution >= 4 is 62.6 Å². The Morgan fingerprint density at radius 1 is 0.914 bits per heavy atom. The van der Waals surface area contributed by atoms with Crippen molar-refractivity contribution in [3.05, 3.63) is 64.2 Å². The minimum absolute atomic E-state index is 0.0367. The highest BCUT2D eigenvalue weighted by atomic mass is 35.5. The Morgan fingerprint density at radius 3 is 2.22 bits per heavy atom. The van der Waals surface area contributed by atoms with E-state index in [2.05, 4.69) is 16.0 Å². The topological polar surface area (TPSA) is 198 Å². The van der Waals surface area contributed by atoms with E-state index in [0.717, 1.165) is 10.5 Å². The number of likely N-dealkylation sites (tertiary alicyclic amines) is 1. The van der Waals surface area contributed by atoms with Crippen molar-refractivity contribution in [2.75, 3.05) is 50.6 Å². The van der Waals surface area contributed by atoms with Gasteiger partial charge in [0, 0.05) is 42.7 Å². The maximum atomic E-state index is 14.4. The fourth-order valence-electron chi connectivity index (χ4n) is 7.66. The predicted octanol–water partition coefficient (Wildman–Crippen LogP) is 3.91. The van der Waals surface area contributed by atoms with E-state index in [0.29, 0.717) is 30.1 Å². The highest BCUT2D eigenvalue weighted by Crippen LogP contribution is 2.45. The molecule has 17 heteroatoms. The fraction of sp³-hybridized carbons (Fsp3) is 0.561. The summed E-state index contributed by atoms with van der Waals surface area (Å²) in [5.74, 6) is -3.19. The maximum absolute atomic E-state index is 14.4. The highest BCUT2D eigenvalue weighted by Gasteiger charge is 2.49. The van der Waals surface area contributed by atoms with Crippen LogP contribution in [0.2, 0.25) is 5.02 Å². The molecule has 2 unspecified atom stereocenters. The van der Waals surface area contributed by atoms with E-state index in [1.54, 1.807) is 49.9 Å². The van der Waals surface area contributed by atoms with E-state index in [1.165, 1.54) is 6.07 Å². The van der Waals surface area contributed by atoms with E-state index in [-0.39, 0.29) is 92.9 Å². The Balaban J connectivity index is 1.05. The van der Waals surface area contributed by atoms with E-state index < -0.39 is 56.2 Å². The summed E-state index contributed by atoms with van der Waals surface area (Å²) in [5, 5.41) is 8.10. The summed E-state index contributed by atoms with van der Waals surface area (Å²) in [4.78, 5) is 80.5. The number of nitrogens with zero attached hydrogens (tertiary/aromatic N) is 2. The zero-order valence-electron chi connectivity index (χ0n) is 33.7. The first-order valence-electron chi connectivity index (χ1n) is 19.8. The molecule has 0 radical (unpaired) electrons. The van der Waals surface area contributed by atoms with Crippen LogP contribution in [0.25, 0.3) is 0 Å². The van der Waals surface area contributed by atoms with Crippen LogP contribution in [0.15, 0.2) is 42.5 Å². The molecular formula is C41H54ClN5O10S. The van der Waals surface area contributed by atoms with Crippen molar-refractivity contribution in [2.24, 2.45) is 11.3 Å². The van der Waals surface area contributed by atoms with Crippen LogP contribution in [0.3, 0.4) is 0 Å². The van der Waals surface area contributed by atoms with Gasteiger partial charge in [0.1, 0.15) is 6.04 Å². The molecule has 2 fully saturated rings. The average Bonchev–Trinajstić information content (AvgIpc) is 3.42. The van der Waals surface area contributed by atoms with Gasteiger partial charge in [0.2, 0.25) is 23.6 Å². The molecule has 316 valence electrons. The number of ether oxygens (including phenoxy) is 2. The van der Waals surface area contributed by atoms with Crippen molar-refractivity contribution in [3.63, 3.8) is 0 Å². The Kier molecular flexibility index (Phi) is 14.7. The number of amides is 6. The predicted molar refractivity (Wildman–Crippen MR) is 217 cm³/mol. The number of hydrogen-bond donors (Lipinski definition) is 3. The molecule has 0 aliphatic carbocycles. The summed E-state index contributed by atoms with van der Waals surface area (Å²) in [6.45, 7) is 10.4. The molecule has 0 spiro atoms. The van der Waals surface area contributed by atoms with Gasteiger partial charge in [-0.3, -0.25) is 39.0 Å². The lowest BCUT2D eigenvalue weighted by atomic mass is 9.73. The Morgan fingerprint density at radius 2 is 1.59 bits per heavy atom. The van der Waals surface area contributed by atoms with Gasteiger partial charge in [0.25, 0.3) is 11.8 Å². The second-order valence-electron chi connectivity index (χ2n) is 15.9. The summed E-state index contributed by atoms with van der Waals surface area (Å²) >= 11 is 6.16. The number of hydrogen-bond acceptors (Lipinski definition) is 11. The monoisotopic (exact) mass is 843 g/mol. The third-order valence-corrected chi connectivity index (χ3v) is 13.6. The molecule has 0 bridgehead atoms. The summed E-state index contributed by atoms with van der Waals surface area (Å²) in [6.07, 6.45) is 1.04. The van der Waals surface area contributed by atoms with Gasteiger partial charge < -0.3 is 25.0 Å². The lowest BCUT2D eigenvalue weighted by Gasteiger charge is -2.49. The van der Waals surface area contributed by atoms with Crippen LogP contribution in [0.5, 0.6) is 0 Å². The molecular weight excluding hydrogens is 790 g/mol. The fourth-order valence-corrected chi connectivity index (χ4v) is 9.19. The quantitative estimate of drug-likeness (QED) is 0.137. The van der Waals surface area contributed by atoms with Gasteiger partial charge in [0.15, 0.2) is 9.84 Å². The van der Waals surface area contributed by atoms with Gasteiger partial charge in [0.05, 0.1) is 60.0 Å². The molecule has 6 amide bonds. The second kappa shape index (κ2) is 19.1. The largest absolute Gasteiger partial charge is 0.382 e. The van der Waals surface area contributed by atoms with Gasteiger partial charge in [-0.25, -0.2) is 8.42 Å². The lowest BCUT2D eigenvalue weighted by molar-refractivity contribution is -0.156. The minimum atomic E-state index is -3.50. The Hall–Kier alpha value is -4.38. The molecule has 2 aromatic rings. The lowest BCUT2D eigenvalue weighted by Crippen LogP contribution is -2.57. The maximum Gasteiger partial charge on any atom is 0.264 e. The molecule has 5 rings (SSSR count). The van der Waals surface area contributed by atoms with Crippen molar-refractivity contribution in [1.29, 1.82) is 0 Å². The zero-order valence-corrected chi connectivity index (χ0v) is 35.2. The number of nitrogens with one attached hydrogen (secondary N) is 3. The van der Waals surface area contributed by atoms with Crippen LogP contribution in [0.1, 0.15) is 99.0 Å². The standard InChI is InChI=1S/C41H54ClN5O10S/c1-25(2)33(24-58(54,55)26(3)4)46-31(27-9-11-28(42)12-10-27)15-16-41(5,40(46)53)23-35(49)44-18-20-57-22-21-56-19-17-43-30-8-6-7-29-36(30)39(52)47(38(29)51)32-13-14-34(48)45-37(32)50/h6-12,25-26,31-33,43H,13-24H2,1-5H3,(H,44,49)(H,45,48,50)/t31-,32?,33?,41+/m0/s1. The van der Waals surface area contributed by atoms with Crippen molar-refractivity contribution in [1.82, 2.24) is 20.4 Å². The Labute approximate surface area is 344 Å². The molecule has 2 aromatic carbocycles. The van der Waals surface area contributed by atoms with Crippen LogP contribution in [-0.2, 0) is 38.5 Å². The summed E-state index contributed by atoms with van der Waals surface area (Å²) < 4.78 is 37.6. The number of sulfone groups is 1. The first-order chi connectivity index (χ1) is 27.4. The SMILES string of the molecule is CC(C)C(CS(=O)(=O)C(C)C)N1C(=O)[C@@](C)(CC(=O)NCCOCCOCCNc2cccc3c2C(=O)N(C2CCC(=O)NC2=O)C3=O)CC[C@H]1c1ccc(Cl)cc1.